The summed E-state index contributed by atoms with van der Waals surface area (Å²) in [7, 11) is 0. The molecular weight excluding hydrogens is 546 g/mol. The van der Waals surface area contributed by atoms with Crippen molar-refractivity contribution in [2.24, 2.45) is 28.6 Å². The molecule has 3 saturated carbocycles. The molecule has 218 valence electrons. The summed E-state index contributed by atoms with van der Waals surface area (Å²) in [6.07, 6.45) is 10.0. The van der Waals surface area contributed by atoms with Gasteiger partial charge in [-0.25, -0.2) is 4.98 Å². The molecule has 4 aliphatic rings. The Morgan fingerprint density at radius 3 is 2.83 bits per heavy atom. The molecule has 5 unspecified atom stereocenters. The molecule has 42 heavy (non-hydrogen) atoms. The molecule has 8 nitrogen and oxygen atoms in total. The van der Waals surface area contributed by atoms with Gasteiger partial charge in [0.05, 0.1) is 60.0 Å². The van der Waals surface area contributed by atoms with Crippen molar-refractivity contribution in [1.29, 1.82) is 5.26 Å². The maximum Gasteiger partial charge on any atom is 0.175 e. The van der Waals surface area contributed by atoms with Gasteiger partial charge in [-0.3, -0.25) is 14.5 Å². The lowest BCUT2D eigenvalue weighted by Crippen LogP contribution is -2.62. The van der Waals surface area contributed by atoms with E-state index in [0.717, 1.165) is 42.4 Å². The molecule has 4 aliphatic carbocycles. The predicted molar refractivity (Wildman–Crippen MR) is 160 cm³/mol. The standard InChI is InChI=1S/C33H37N5O3S/c1-31-15-20-17-36-38(13-5-12-34)26(20)14-21(31)8-9-22-23-10-11-33(41,32(23,2)16-27(39)30(22)31)28(40)19-42-29-18-35-24-6-3-4-7-25(24)37-29/h3-4,6-7,14,17-18,22-23,27,30,39,41H,5,8-11,13,15-16,19H2,1-2H3/t22?,23?,27-,30?,31?,32?,33-/m0/s1. The lowest BCUT2D eigenvalue weighted by atomic mass is 9.45. The van der Waals surface area contributed by atoms with Crippen molar-refractivity contribution in [2.45, 2.75) is 82.1 Å². The molecule has 3 aromatic rings. The predicted octanol–water partition coefficient (Wildman–Crippen LogP) is 4.99. The van der Waals surface area contributed by atoms with E-state index in [1.165, 1.54) is 22.9 Å². The summed E-state index contributed by atoms with van der Waals surface area (Å²) in [6, 6.07) is 9.87. The van der Waals surface area contributed by atoms with Gasteiger partial charge in [-0.2, -0.15) is 10.4 Å². The molecule has 0 amide bonds. The van der Waals surface area contributed by atoms with Crippen LogP contribution in [0.4, 0.5) is 0 Å². The Morgan fingerprint density at radius 2 is 2.02 bits per heavy atom. The number of nitriles is 1. The molecule has 0 radical (unpaired) electrons. The quantitative estimate of drug-likeness (QED) is 0.389. The van der Waals surface area contributed by atoms with E-state index in [1.807, 2.05) is 42.1 Å². The Labute approximate surface area is 250 Å². The smallest absolute Gasteiger partial charge is 0.175 e. The molecule has 9 heteroatoms. The largest absolute Gasteiger partial charge is 0.393 e. The minimum Gasteiger partial charge on any atom is -0.393 e. The summed E-state index contributed by atoms with van der Waals surface area (Å²) in [5, 5.41) is 38.3. The van der Waals surface area contributed by atoms with Crippen molar-refractivity contribution in [3.63, 3.8) is 0 Å². The lowest BCUT2D eigenvalue weighted by molar-refractivity contribution is -0.177. The topological polar surface area (TPSA) is 125 Å². The van der Waals surface area contributed by atoms with Crippen LogP contribution in [0, 0.1) is 39.9 Å². The third kappa shape index (κ3) is 4.02. The van der Waals surface area contributed by atoms with Gasteiger partial charge in [0.25, 0.3) is 0 Å². The summed E-state index contributed by atoms with van der Waals surface area (Å²) in [5.74, 6) is 0.415. The number of carbonyl (C=O) groups excluding carboxylic acids is 1. The zero-order chi connectivity index (χ0) is 29.3. The first-order valence-electron chi connectivity index (χ1n) is 15.1. The third-order valence-corrected chi connectivity index (χ3v) is 12.2. The van der Waals surface area contributed by atoms with Gasteiger partial charge in [-0.1, -0.05) is 43.3 Å². The van der Waals surface area contributed by atoms with Gasteiger partial charge in [-0.15, -0.1) is 0 Å². The molecule has 0 aliphatic heterocycles. The first-order chi connectivity index (χ1) is 20.2. The van der Waals surface area contributed by atoms with Crippen LogP contribution in [0.15, 0.2) is 47.3 Å². The number of para-hydroxylation sites is 2. The minimum absolute atomic E-state index is 0.0610. The maximum atomic E-state index is 13.8. The minimum atomic E-state index is -1.47. The second kappa shape index (κ2) is 10.0. The average molecular weight is 584 g/mol. The lowest BCUT2D eigenvalue weighted by Gasteiger charge is -2.60. The number of hydrogen-bond donors (Lipinski definition) is 2. The number of ketones is 1. The second-order valence-electron chi connectivity index (χ2n) is 13.3. The highest BCUT2D eigenvalue weighted by Gasteiger charge is 2.68. The third-order valence-electron chi connectivity index (χ3n) is 11.3. The Morgan fingerprint density at radius 1 is 1.21 bits per heavy atom. The van der Waals surface area contributed by atoms with Gasteiger partial charge >= 0.3 is 0 Å². The van der Waals surface area contributed by atoms with Gasteiger partial charge < -0.3 is 10.2 Å². The van der Waals surface area contributed by atoms with Crippen molar-refractivity contribution in [1.82, 2.24) is 19.7 Å². The molecule has 7 rings (SSSR count). The van der Waals surface area contributed by atoms with E-state index in [2.05, 4.69) is 34.1 Å². The van der Waals surface area contributed by atoms with E-state index < -0.39 is 17.1 Å². The van der Waals surface area contributed by atoms with Gasteiger partial charge in [0.2, 0.25) is 0 Å². The van der Waals surface area contributed by atoms with E-state index in [9.17, 15) is 15.0 Å². The Kier molecular flexibility index (Phi) is 6.61. The van der Waals surface area contributed by atoms with Gasteiger partial charge in [-0.05, 0) is 85.5 Å². The number of nitrogens with zero attached hydrogens (tertiary/aromatic N) is 5. The van der Waals surface area contributed by atoms with Crippen LogP contribution in [0.3, 0.4) is 0 Å². The summed E-state index contributed by atoms with van der Waals surface area (Å²) in [5.41, 5.74) is 2.87. The fourth-order valence-corrected chi connectivity index (χ4v) is 10.1. The van der Waals surface area contributed by atoms with E-state index >= 15 is 0 Å². The van der Waals surface area contributed by atoms with Crippen LogP contribution >= 0.6 is 11.8 Å². The van der Waals surface area contributed by atoms with Crippen LogP contribution in [-0.2, 0) is 17.8 Å². The van der Waals surface area contributed by atoms with Gasteiger partial charge in [0, 0.05) is 5.41 Å². The summed E-state index contributed by atoms with van der Waals surface area (Å²) >= 11 is 1.33. The zero-order valence-electron chi connectivity index (χ0n) is 24.2. The number of carbonyl (C=O) groups is 1. The van der Waals surface area contributed by atoms with Crippen LogP contribution in [0.25, 0.3) is 17.1 Å². The summed E-state index contributed by atoms with van der Waals surface area (Å²) in [6.45, 7) is 4.93. The highest BCUT2D eigenvalue weighted by Crippen LogP contribution is 2.67. The molecule has 3 fully saturated rings. The molecule has 0 bridgehead atoms. The molecule has 2 aromatic heterocycles. The van der Waals surface area contributed by atoms with Crippen LogP contribution < -0.4 is 0 Å². The van der Waals surface area contributed by atoms with Crippen molar-refractivity contribution in [2.75, 3.05) is 5.75 Å². The fraction of sp³-hybridized carbons (Fsp3) is 0.545. The number of rotatable bonds is 6. The molecular formula is C33H37N5O3S. The van der Waals surface area contributed by atoms with Crippen molar-refractivity contribution in [3.8, 4) is 6.07 Å². The number of thioether (sulfide) groups is 1. The number of Topliss-reactive ketones (excluding diaryl/α,β-unsaturated/α-hetero) is 1. The number of aromatic nitrogens is 4. The van der Waals surface area contributed by atoms with E-state index in [4.69, 9.17) is 5.26 Å². The van der Waals surface area contributed by atoms with Crippen LogP contribution in [0.2, 0.25) is 0 Å². The number of hydrogen-bond acceptors (Lipinski definition) is 8. The molecule has 2 N–H and O–H groups in total. The van der Waals surface area contributed by atoms with Crippen molar-refractivity contribution >= 4 is 34.7 Å². The molecule has 0 saturated heterocycles. The van der Waals surface area contributed by atoms with Crippen LogP contribution in [0.5, 0.6) is 0 Å². The fourth-order valence-electron chi connectivity index (χ4n) is 9.31. The van der Waals surface area contributed by atoms with Gasteiger partial charge in [0.15, 0.2) is 5.78 Å². The first kappa shape index (κ1) is 27.8. The Hall–Kier alpha value is -3.06. The first-order valence-corrected chi connectivity index (χ1v) is 16.1. The number of aryl methyl sites for hydroxylation is 1. The highest BCUT2D eigenvalue weighted by molar-refractivity contribution is 7.99. The van der Waals surface area contributed by atoms with Crippen molar-refractivity contribution < 1.29 is 15.0 Å². The van der Waals surface area contributed by atoms with Gasteiger partial charge in [0.1, 0.15) is 10.6 Å². The molecule has 7 atom stereocenters. The average Bonchev–Trinajstić information content (AvgIpc) is 3.49. The Balaban J connectivity index is 1.12. The van der Waals surface area contributed by atoms with E-state index in [0.29, 0.717) is 30.8 Å². The maximum absolute atomic E-state index is 13.8. The van der Waals surface area contributed by atoms with Crippen LogP contribution in [0.1, 0.15) is 63.6 Å². The van der Waals surface area contributed by atoms with Crippen LogP contribution in [-0.4, -0.2) is 53.2 Å². The normalized spacial score (nSPS) is 35.0. The number of benzene rings is 1. The molecule has 2 heterocycles. The zero-order valence-corrected chi connectivity index (χ0v) is 25.0. The van der Waals surface area contributed by atoms with Crippen molar-refractivity contribution in [3.05, 3.63) is 53.5 Å². The second-order valence-corrected chi connectivity index (χ2v) is 14.3. The highest BCUT2D eigenvalue weighted by atomic mass is 32.2. The molecule has 0 spiro atoms. The van der Waals surface area contributed by atoms with E-state index in [-0.39, 0.29) is 34.7 Å². The summed E-state index contributed by atoms with van der Waals surface area (Å²) in [4.78, 5) is 22.9. The summed E-state index contributed by atoms with van der Waals surface area (Å²) < 4.78 is 1.94. The number of allylic oxidation sites excluding steroid dienone is 1. The number of fused-ring (bicyclic) bond motifs is 7. The van der Waals surface area contributed by atoms with E-state index in [1.54, 1.807) is 6.20 Å². The molecule has 1 aromatic carbocycles. The number of aliphatic hydroxyl groups is 2. The number of aliphatic hydroxyl groups excluding tert-OH is 1. The Bertz CT molecular complexity index is 1650. The monoisotopic (exact) mass is 583 g/mol. The SMILES string of the molecule is CC12Cc3cnn(CCC#N)c3C=C1CCC1C2[C@@H](O)CC2(C)C1CC[C@]2(O)C(=O)CSc1cnc2ccccc2n1.